The van der Waals surface area contributed by atoms with Gasteiger partial charge in [-0.15, -0.1) is 0 Å². The summed E-state index contributed by atoms with van der Waals surface area (Å²) in [5, 5.41) is 13.5. The summed E-state index contributed by atoms with van der Waals surface area (Å²) in [6.07, 6.45) is 9.79. The van der Waals surface area contributed by atoms with Gasteiger partial charge in [-0.05, 0) is 79.1 Å². The van der Waals surface area contributed by atoms with E-state index in [9.17, 15) is 9.50 Å². The molecule has 0 amide bonds. The van der Waals surface area contributed by atoms with Crippen LogP contribution in [-0.2, 0) is 19.4 Å². The third-order valence-electron chi connectivity index (χ3n) is 5.58. The average molecular weight is 445 g/mol. The molecule has 0 bridgehead atoms. The number of pyridine rings is 1. The molecule has 2 heterocycles. The van der Waals surface area contributed by atoms with Crippen LogP contribution in [0.3, 0.4) is 0 Å². The Bertz CT molecular complexity index is 1130. The SMILES string of the molecule is OC(=C\CCCc1ccc2c(n1)NCCC2)/C=C/c1ccc(OCc2ccccc2)c(F)c1. The first-order valence-electron chi connectivity index (χ1n) is 11.4. The zero-order valence-corrected chi connectivity index (χ0v) is 18.6. The third-order valence-corrected chi connectivity index (χ3v) is 5.58. The number of hydrogen-bond acceptors (Lipinski definition) is 4. The number of fused-ring (bicyclic) bond motifs is 1. The number of aromatic nitrogens is 1. The summed E-state index contributed by atoms with van der Waals surface area (Å²) >= 11 is 0. The van der Waals surface area contributed by atoms with Crippen LogP contribution in [-0.4, -0.2) is 16.6 Å². The van der Waals surface area contributed by atoms with Crippen LogP contribution in [0.4, 0.5) is 10.2 Å². The zero-order chi connectivity index (χ0) is 22.9. The number of nitrogens with one attached hydrogen (secondary N) is 1. The monoisotopic (exact) mass is 444 g/mol. The van der Waals surface area contributed by atoms with E-state index in [1.54, 1.807) is 30.4 Å². The Balaban J connectivity index is 1.24. The van der Waals surface area contributed by atoms with E-state index in [0.29, 0.717) is 12.2 Å². The number of allylic oxidation sites excluding steroid dienone is 2. The second-order valence-electron chi connectivity index (χ2n) is 8.16. The summed E-state index contributed by atoms with van der Waals surface area (Å²) in [6.45, 7) is 1.30. The van der Waals surface area contributed by atoms with Gasteiger partial charge in [0.05, 0.1) is 0 Å². The van der Waals surface area contributed by atoms with Gasteiger partial charge >= 0.3 is 0 Å². The molecule has 170 valence electrons. The van der Waals surface area contributed by atoms with Crippen LogP contribution in [0.25, 0.3) is 6.08 Å². The van der Waals surface area contributed by atoms with E-state index in [1.807, 2.05) is 30.3 Å². The minimum absolute atomic E-state index is 0.167. The second kappa shape index (κ2) is 11.3. The predicted octanol–water partition coefficient (Wildman–Crippen LogP) is 6.64. The van der Waals surface area contributed by atoms with Gasteiger partial charge in [-0.25, -0.2) is 9.37 Å². The first-order valence-corrected chi connectivity index (χ1v) is 11.4. The summed E-state index contributed by atoms with van der Waals surface area (Å²) in [7, 11) is 0. The number of anilines is 1. The van der Waals surface area contributed by atoms with Crippen molar-refractivity contribution in [2.24, 2.45) is 0 Å². The highest BCUT2D eigenvalue weighted by Crippen LogP contribution is 2.22. The van der Waals surface area contributed by atoms with Crippen LogP contribution in [0.2, 0.25) is 0 Å². The molecular formula is C28H29FN2O2. The zero-order valence-electron chi connectivity index (χ0n) is 18.6. The Kier molecular flexibility index (Phi) is 7.75. The molecular weight excluding hydrogens is 415 g/mol. The first-order chi connectivity index (χ1) is 16.2. The summed E-state index contributed by atoms with van der Waals surface area (Å²) in [6, 6.07) is 18.7. The summed E-state index contributed by atoms with van der Waals surface area (Å²) in [5.41, 5.74) is 4.00. The van der Waals surface area contributed by atoms with Crippen molar-refractivity contribution >= 4 is 11.9 Å². The number of aryl methyl sites for hydroxylation is 2. The fourth-order valence-corrected chi connectivity index (χ4v) is 3.76. The number of hydrogen-bond donors (Lipinski definition) is 2. The van der Waals surface area contributed by atoms with Gasteiger partial charge in [0.1, 0.15) is 18.2 Å². The van der Waals surface area contributed by atoms with Gasteiger partial charge in [0.2, 0.25) is 0 Å². The van der Waals surface area contributed by atoms with E-state index in [4.69, 9.17) is 9.72 Å². The van der Waals surface area contributed by atoms with Crippen LogP contribution in [0.5, 0.6) is 5.75 Å². The molecule has 0 unspecified atom stereocenters. The molecule has 0 fully saturated rings. The molecule has 5 heteroatoms. The number of benzene rings is 2. The lowest BCUT2D eigenvalue weighted by Crippen LogP contribution is -2.13. The van der Waals surface area contributed by atoms with E-state index in [0.717, 1.165) is 55.7 Å². The molecule has 1 aliphatic rings. The molecule has 2 aromatic carbocycles. The molecule has 0 aliphatic carbocycles. The number of halogens is 1. The lowest BCUT2D eigenvalue weighted by molar-refractivity contribution is 0.290. The third kappa shape index (κ3) is 6.69. The molecule has 0 radical (unpaired) electrons. The largest absolute Gasteiger partial charge is 0.508 e. The standard InChI is InChI=1S/C28H29FN2O2/c29-26-19-21(13-17-27(26)33-20-22-7-2-1-3-8-22)12-16-25(32)11-5-4-10-24-15-14-23-9-6-18-30-28(23)31-24/h1-3,7-8,11-17,19,32H,4-6,9-10,18,20H2,(H,30,31)/b16-12+,25-11-. The van der Waals surface area contributed by atoms with Crippen LogP contribution < -0.4 is 10.1 Å². The van der Waals surface area contributed by atoms with Crippen molar-refractivity contribution in [2.45, 2.75) is 38.7 Å². The Morgan fingerprint density at radius 3 is 2.85 bits per heavy atom. The van der Waals surface area contributed by atoms with Crippen LogP contribution in [0.1, 0.15) is 41.6 Å². The van der Waals surface area contributed by atoms with E-state index >= 15 is 0 Å². The van der Waals surface area contributed by atoms with E-state index < -0.39 is 5.82 Å². The van der Waals surface area contributed by atoms with Gasteiger partial charge in [0, 0.05) is 12.2 Å². The molecule has 33 heavy (non-hydrogen) atoms. The van der Waals surface area contributed by atoms with E-state index in [-0.39, 0.29) is 11.5 Å². The van der Waals surface area contributed by atoms with Crippen LogP contribution >= 0.6 is 0 Å². The molecule has 1 aliphatic heterocycles. The molecule has 3 aromatic rings. The second-order valence-corrected chi connectivity index (χ2v) is 8.16. The fraction of sp³-hybridized carbons (Fsp3) is 0.250. The highest BCUT2D eigenvalue weighted by Gasteiger charge is 2.10. The fourth-order valence-electron chi connectivity index (χ4n) is 3.76. The molecule has 1 aromatic heterocycles. The maximum absolute atomic E-state index is 14.3. The van der Waals surface area contributed by atoms with Crippen molar-refractivity contribution < 1.29 is 14.2 Å². The maximum Gasteiger partial charge on any atom is 0.165 e. The highest BCUT2D eigenvalue weighted by molar-refractivity contribution is 5.53. The van der Waals surface area contributed by atoms with Gasteiger partial charge in [-0.1, -0.05) is 48.5 Å². The smallest absolute Gasteiger partial charge is 0.165 e. The quantitative estimate of drug-likeness (QED) is 0.221. The average Bonchev–Trinajstić information content (AvgIpc) is 2.85. The van der Waals surface area contributed by atoms with Crippen molar-refractivity contribution in [1.82, 2.24) is 4.98 Å². The number of unbranched alkanes of at least 4 members (excludes halogenated alkanes) is 1. The van der Waals surface area contributed by atoms with Gasteiger partial charge in [-0.3, -0.25) is 0 Å². The lowest BCUT2D eigenvalue weighted by atomic mass is 10.1. The Morgan fingerprint density at radius 2 is 2.00 bits per heavy atom. The predicted molar refractivity (Wildman–Crippen MR) is 131 cm³/mol. The molecule has 0 spiro atoms. The van der Waals surface area contributed by atoms with Crippen molar-refractivity contribution in [3.63, 3.8) is 0 Å². The molecule has 4 nitrogen and oxygen atoms in total. The summed E-state index contributed by atoms with van der Waals surface area (Å²) in [5.74, 6) is 0.967. The molecule has 0 saturated heterocycles. The number of ether oxygens (including phenoxy) is 1. The van der Waals surface area contributed by atoms with Gasteiger partial charge in [0.15, 0.2) is 11.6 Å². The number of aliphatic hydroxyl groups excluding tert-OH is 1. The van der Waals surface area contributed by atoms with Crippen molar-refractivity contribution in [1.29, 1.82) is 0 Å². The number of nitrogens with zero attached hydrogens (tertiary/aromatic N) is 1. The minimum Gasteiger partial charge on any atom is -0.508 e. The normalized spacial score (nSPS) is 13.5. The van der Waals surface area contributed by atoms with Gasteiger partial charge in [0.25, 0.3) is 0 Å². The van der Waals surface area contributed by atoms with Crippen molar-refractivity contribution in [3.8, 4) is 5.75 Å². The summed E-state index contributed by atoms with van der Waals surface area (Å²) in [4.78, 5) is 4.70. The van der Waals surface area contributed by atoms with E-state index in [2.05, 4.69) is 17.4 Å². The van der Waals surface area contributed by atoms with Crippen LogP contribution in [0.15, 0.2) is 78.6 Å². The van der Waals surface area contributed by atoms with E-state index in [1.165, 1.54) is 11.6 Å². The number of rotatable bonds is 9. The lowest BCUT2D eigenvalue weighted by Gasteiger charge is -2.17. The Morgan fingerprint density at radius 1 is 1.12 bits per heavy atom. The molecule has 2 N–H and O–H groups in total. The van der Waals surface area contributed by atoms with Crippen molar-refractivity contribution in [2.75, 3.05) is 11.9 Å². The Hall–Kier alpha value is -3.60. The minimum atomic E-state index is -0.427. The topological polar surface area (TPSA) is 54.4 Å². The van der Waals surface area contributed by atoms with Crippen LogP contribution in [0, 0.1) is 5.82 Å². The highest BCUT2D eigenvalue weighted by atomic mass is 19.1. The maximum atomic E-state index is 14.3. The molecule has 4 rings (SSSR count). The summed E-state index contributed by atoms with van der Waals surface area (Å²) < 4.78 is 19.9. The van der Waals surface area contributed by atoms with Gasteiger partial charge in [-0.2, -0.15) is 0 Å². The van der Waals surface area contributed by atoms with Crippen molar-refractivity contribution in [3.05, 3.63) is 107 Å². The first kappa shape index (κ1) is 22.6. The van der Waals surface area contributed by atoms with Gasteiger partial charge < -0.3 is 15.2 Å². The molecule has 0 saturated carbocycles. The number of aliphatic hydroxyl groups is 1. The molecule has 0 atom stereocenters. The Labute approximate surface area is 194 Å².